The Hall–Kier alpha value is -14.0. The summed E-state index contributed by atoms with van der Waals surface area (Å²) in [6.07, 6.45) is 0. The second kappa shape index (κ2) is 22.6. The van der Waals surface area contributed by atoms with Crippen molar-refractivity contribution in [1.29, 1.82) is 0 Å². The Morgan fingerprint density at radius 2 is 0.699 bits per heavy atom. The third-order valence-electron chi connectivity index (χ3n) is 25.2. The van der Waals surface area contributed by atoms with Crippen molar-refractivity contribution in [3.63, 3.8) is 0 Å². The Kier molecular flexibility index (Phi) is 12.4. The molecule has 25 aromatic rings. The van der Waals surface area contributed by atoms with Crippen molar-refractivity contribution in [3.05, 3.63) is 339 Å². The van der Waals surface area contributed by atoms with Crippen molar-refractivity contribution < 1.29 is 0 Å². The molecule has 26 rings (SSSR count). The van der Waals surface area contributed by atoms with Crippen LogP contribution in [0.1, 0.15) is 25.0 Å². The van der Waals surface area contributed by atoms with E-state index in [0.29, 0.717) is 11.9 Å². The number of thiophene rings is 2. The second-order valence-corrected chi connectivity index (χ2v) is 33.4. The van der Waals surface area contributed by atoms with Gasteiger partial charge in [-0.05, 0) is 129 Å². The maximum Gasteiger partial charge on any atom is 0.235 e. The molecule has 522 valence electrons. The third kappa shape index (κ3) is 8.34. The minimum absolute atomic E-state index is 0.367. The summed E-state index contributed by atoms with van der Waals surface area (Å²) in [5.74, 6) is 1.29. The van der Waals surface area contributed by atoms with Crippen LogP contribution in [0, 0.1) is 0 Å². The van der Waals surface area contributed by atoms with Crippen LogP contribution < -0.4 is 0 Å². The summed E-state index contributed by atoms with van der Waals surface area (Å²) in [5.41, 5.74) is 15.8. The standard InChI is InChI=1S/C105H60N6S2/c1-105(2)83-39-17-15-34-79(83)99-96(105)98(60-45-54-88-82(55-60)68-30-16-18-40-87(68)112-88)108-104(109-99)111-86-53-50-76-72-35-19-36-74(90(72)71-32-13-14-33-73(71)92(76)95(86)81-48-42-59-23-5-8-26-64(59)101(81)111)78-38-20-37-77-69-46-43-61(56-89(69)113-102(77)78)97-93-62-24-6-3-21-57(62)44-51-84(93)106-103(107-97)110-85-52-49-75-67-29-10-9-27-65(67)66-28-11-12-31-70(66)91(75)94(85)80-47-41-58-22-4-7-25-63(58)100(80)110/h3-56H,1-2H3. The van der Waals surface area contributed by atoms with Crippen LogP contribution >= 0.6 is 22.7 Å². The summed E-state index contributed by atoms with van der Waals surface area (Å²) in [7, 11) is 0. The van der Waals surface area contributed by atoms with E-state index in [-0.39, 0.29) is 5.41 Å². The zero-order valence-corrected chi connectivity index (χ0v) is 62.8. The molecule has 113 heavy (non-hydrogen) atoms. The summed E-state index contributed by atoms with van der Waals surface area (Å²) in [6.45, 7) is 4.69. The van der Waals surface area contributed by atoms with E-state index in [4.69, 9.17) is 19.9 Å². The van der Waals surface area contributed by atoms with Gasteiger partial charge in [0.05, 0.1) is 44.7 Å². The van der Waals surface area contributed by atoms with E-state index < -0.39 is 0 Å². The molecule has 0 N–H and O–H groups in total. The SMILES string of the molecule is CC1(C)c2ccccc2-c2nc(-n3c4ccc5c6cccc(-c7cccc8c7sc7cc(-c9nc(-n%10c%11ccc%12c%13ccccc%13c%13ccccc%13c%12c%11c%11ccc%12ccccc%12c%11%10)nc%10ccc%11ccccc%11c9%10)ccc78)c6c6ccccc6c5c4c4ccc5ccccc5c43)nc(-c3ccc4sc5ccccc5c4c3)c21. The molecule has 19 aromatic carbocycles. The quantitative estimate of drug-likeness (QED) is 0.161. The van der Waals surface area contributed by atoms with Crippen molar-refractivity contribution in [2.45, 2.75) is 19.3 Å². The fraction of sp³-hybridized carbons (Fsp3) is 0.0286. The molecule has 8 heteroatoms. The predicted molar refractivity (Wildman–Crippen MR) is 481 cm³/mol. The minimum Gasteiger partial charge on any atom is -0.277 e. The Balaban J connectivity index is 0.683. The summed E-state index contributed by atoms with van der Waals surface area (Å²) < 4.78 is 9.76. The number of hydrogen-bond donors (Lipinski definition) is 0. The van der Waals surface area contributed by atoms with E-state index in [1.807, 2.05) is 22.7 Å². The number of fused-ring (bicyclic) bond motifs is 36. The molecular weight excluding hydrogens is 1410 g/mol. The summed E-state index contributed by atoms with van der Waals surface area (Å²) in [4.78, 5) is 23.5. The number of rotatable bonds is 5. The molecule has 0 spiro atoms. The molecular formula is C105H60N6S2. The van der Waals surface area contributed by atoms with E-state index in [1.54, 1.807) is 0 Å². The topological polar surface area (TPSA) is 61.4 Å². The summed E-state index contributed by atoms with van der Waals surface area (Å²) in [5, 5.41) is 32.3. The van der Waals surface area contributed by atoms with E-state index in [0.717, 1.165) is 110 Å². The van der Waals surface area contributed by atoms with Gasteiger partial charge in [-0.25, -0.2) is 19.9 Å². The van der Waals surface area contributed by atoms with Gasteiger partial charge in [-0.2, -0.15) is 0 Å². The molecule has 1 aliphatic carbocycles. The third-order valence-corrected chi connectivity index (χ3v) is 27.6. The van der Waals surface area contributed by atoms with Crippen molar-refractivity contribution in [3.8, 4) is 56.8 Å². The molecule has 0 atom stereocenters. The average molecular weight is 1470 g/mol. The molecule has 0 aliphatic heterocycles. The van der Waals surface area contributed by atoms with Gasteiger partial charge >= 0.3 is 0 Å². The highest BCUT2D eigenvalue weighted by molar-refractivity contribution is 7.26. The van der Waals surface area contributed by atoms with Crippen LogP contribution in [0.3, 0.4) is 0 Å². The lowest BCUT2D eigenvalue weighted by molar-refractivity contribution is 0.657. The number of aromatic nitrogens is 6. The number of nitrogens with zero attached hydrogens (tertiary/aromatic N) is 6. The van der Waals surface area contributed by atoms with Gasteiger partial charge in [-0.15, -0.1) is 22.7 Å². The number of hydrogen-bond acceptors (Lipinski definition) is 6. The zero-order chi connectivity index (χ0) is 73.8. The monoisotopic (exact) mass is 1470 g/mol. The van der Waals surface area contributed by atoms with Crippen LogP contribution in [0.15, 0.2) is 328 Å². The van der Waals surface area contributed by atoms with E-state index in [9.17, 15) is 0 Å². The molecule has 0 unspecified atom stereocenters. The lowest BCUT2D eigenvalue weighted by atomic mass is 9.81. The predicted octanol–water partition coefficient (Wildman–Crippen LogP) is 29.0. The van der Waals surface area contributed by atoms with E-state index in [2.05, 4.69) is 351 Å². The Bertz CT molecular complexity index is 8620. The Morgan fingerprint density at radius 1 is 0.257 bits per heavy atom. The van der Waals surface area contributed by atoms with Crippen LogP contribution in [-0.2, 0) is 5.41 Å². The highest BCUT2D eigenvalue weighted by atomic mass is 32.1. The van der Waals surface area contributed by atoms with Gasteiger partial charge in [0, 0.05) is 122 Å². The van der Waals surface area contributed by atoms with Gasteiger partial charge in [0.1, 0.15) is 0 Å². The van der Waals surface area contributed by atoms with Crippen molar-refractivity contribution >= 4 is 214 Å². The van der Waals surface area contributed by atoms with Crippen LogP contribution in [0.5, 0.6) is 0 Å². The molecule has 6 heterocycles. The molecule has 0 amide bonds. The average Bonchev–Trinajstić information content (AvgIpc) is 1.59. The maximum atomic E-state index is 5.95. The van der Waals surface area contributed by atoms with Crippen LogP contribution in [-0.4, -0.2) is 29.1 Å². The molecule has 0 fully saturated rings. The maximum absolute atomic E-state index is 5.95. The van der Waals surface area contributed by atoms with Gasteiger partial charge < -0.3 is 0 Å². The minimum atomic E-state index is -0.367. The fourth-order valence-electron chi connectivity index (χ4n) is 20.4. The normalized spacial score (nSPS) is 13.1. The summed E-state index contributed by atoms with van der Waals surface area (Å²) in [6, 6.07) is 122. The van der Waals surface area contributed by atoms with Crippen LogP contribution in [0.2, 0.25) is 0 Å². The van der Waals surface area contributed by atoms with Crippen molar-refractivity contribution in [2.75, 3.05) is 0 Å². The molecule has 0 saturated carbocycles. The lowest BCUT2D eigenvalue weighted by Crippen LogP contribution is -2.18. The zero-order valence-electron chi connectivity index (χ0n) is 61.2. The largest absolute Gasteiger partial charge is 0.277 e. The number of benzene rings is 19. The second-order valence-electron chi connectivity index (χ2n) is 31.3. The highest BCUT2D eigenvalue weighted by Crippen LogP contribution is 2.55. The first-order valence-corrected chi connectivity index (χ1v) is 40.5. The molecule has 0 saturated heterocycles. The first-order chi connectivity index (χ1) is 55.8. The Labute approximate surface area is 653 Å². The Morgan fingerprint density at radius 3 is 1.39 bits per heavy atom. The molecule has 0 bridgehead atoms. The molecule has 0 radical (unpaired) electrons. The van der Waals surface area contributed by atoms with Crippen molar-refractivity contribution in [1.82, 2.24) is 29.1 Å². The fourth-order valence-corrected chi connectivity index (χ4v) is 22.8. The summed E-state index contributed by atoms with van der Waals surface area (Å²) >= 11 is 3.72. The van der Waals surface area contributed by atoms with Gasteiger partial charge in [-0.3, -0.25) is 9.13 Å². The first-order valence-electron chi connectivity index (χ1n) is 38.8. The van der Waals surface area contributed by atoms with Crippen LogP contribution in [0.25, 0.3) is 249 Å². The lowest BCUT2D eigenvalue weighted by Gasteiger charge is -2.24. The highest BCUT2D eigenvalue weighted by Gasteiger charge is 2.41. The van der Waals surface area contributed by atoms with E-state index >= 15 is 0 Å². The molecule has 6 nitrogen and oxygen atoms in total. The van der Waals surface area contributed by atoms with Crippen LogP contribution in [0.4, 0.5) is 0 Å². The van der Waals surface area contributed by atoms with Crippen molar-refractivity contribution in [2.24, 2.45) is 0 Å². The van der Waals surface area contributed by atoms with Gasteiger partial charge in [0.2, 0.25) is 11.9 Å². The smallest absolute Gasteiger partial charge is 0.235 e. The first kappa shape index (κ1) is 61.8. The van der Waals surface area contributed by atoms with Gasteiger partial charge in [0.25, 0.3) is 0 Å². The van der Waals surface area contributed by atoms with Gasteiger partial charge in [-0.1, -0.05) is 299 Å². The molecule has 6 aromatic heterocycles. The van der Waals surface area contributed by atoms with Gasteiger partial charge in [0.15, 0.2) is 0 Å². The molecule has 1 aliphatic rings. The van der Waals surface area contributed by atoms with E-state index in [1.165, 1.54) is 138 Å².